The zero-order chi connectivity index (χ0) is 17.8. The Balaban J connectivity index is 1.52. The van der Waals surface area contributed by atoms with E-state index in [1.54, 1.807) is 0 Å². The number of likely N-dealkylation sites (tertiary alicyclic amines) is 1. The van der Waals surface area contributed by atoms with Crippen molar-refractivity contribution in [3.05, 3.63) is 70.5 Å². The van der Waals surface area contributed by atoms with Gasteiger partial charge in [0.25, 0.3) is 0 Å². The first-order valence-electron chi connectivity index (χ1n) is 8.95. The number of hydrogen-bond donors (Lipinski definition) is 1. The van der Waals surface area contributed by atoms with E-state index < -0.39 is 6.10 Å². The molecule has 2 nitrogen and oxygen atoms in total. The topological polar surface area (TPSA) is 23.5 Å². The maximum Gasteiger partial charge on any atom is 0.123 e. The van der Waals surface area contributed by atoms with Crippen LogP contribution in [0.25, 0.3) is 0 Å². The monoisotopic (exact) mass is 361 g/mol. The summed E-state index contributed by atoms with van der Waals surface area (Å²) in [6, 6.07) is 14.3. The first-order chi connectivity index (χ1) is 12.0. The molecule has 1 N–H and O–H groups in total. The van der Waals surface area contributed by atoms with Crippen LogP contribution in [0.4, 0.5) is 4.39 Å². The third-order valence-corrected chi connectivity index (χ3v) is 5.58. The summed E-state index contributed by atoms with van der Waals surface area (Å²) in [5.74, 6) is 0.449. The lowest BCUT2D eigenvalue weighted by Gasteiger charge is -2.38. The van der Waals surface area contributed by atoms with Gasteiger partial charge in [-0.25, -0.2) is 4.39 Å². The number of rotatable bonds is 5. The number of aliphatic hydroxyl groups excluding tert-OH is 1. The van der Waals surface area contributed by atoms with E-state index in [2.05, 4.69) is 11.8 Å². The Bertz CT molecular complexity index is 665. The number of aliphatic hydroxyl groups is 1. The quantitative estimate of drug-likeness (QED) is 0.822. The van der Waals surface area contributed by atoms with E-state index in [9.17, 15) is 9.50 Å². The molecule has 1 saturated heterocycles. The molecule has 0 aromatic heterocycles. The lowest BCUT2D eigenvalue weighted by molar-refractivity contribution is 0.0373. The zero-order valence-corrected chi connectivity index (χ0v) is 15.3. The van der Waals surface area contributed by atoms with E-state index in [0.717, 1.165) is 37.9 Å². The minimum Gasteiger partial charge on any atom is -0.387 e. The molecule has 0 amide bonds. The molecule has 1 heterocycles. The van der Waals surface area contributed by atoms with Crippen LogP contribution in [0.5, 0.6) is 0 Å². The largest absolute Gasteiger partial charge is 0.387 e. The normalized spacial score (nSPS) is 18.9. The predicted octanol–water partition coefficient (Wildman–Crippen LogP) is 4.86. The van der Waals surface area contributed by atoms with Gasteiger partial charge in [-0.2, -0.15) is 0 Å². The third kappa shape index (κ3) is 4.81. The van der Waals surface area contributed by atoms with E-state index in [1.807, 2.05) is 36.4 Å². The van der Waals surface area contributed by atoms with Crippen LogP contribution in [0.1, 0.15) is 37.0 Å². The highest BCUT2D eigenvalue weighted by Gasteiger charge is 2.27. The Labute approximate surface area is 154 Å². The van der Waals surface area contributed by atoms with Crippen LogP contribution in [0.15, 0.2) is 48.5 Å². The summed E-state index contributed by atoms with van der Waals surface area (Å²) >= 11 is 5.92. The summed E-state index contributed by atoms with van der Waals surface area (Å²) in [4.78, 5) is 2.36. The second-order valence-electron chi connectivity index (χ2n) is 7.05. The lowest BCUT2D eigenvalue weighted by atomic mass is 9.89. The molecule has 2 aromatic carbocycles. The molecule has 0 radical (unpaired) electrons. The molecule has 2 aromatic rings. The summed E-state index contributed by atoms with van der Waals surface area (Å²) in [7, 11) is 0. The van der Waals surface area contributed by atoms with Gasteiger partial charge in [-0.15, -0.1) is 0 Å². The highest BCUT2D eigenvalue weighted by molar-refractivity contribution is 6.30. The standard InChI is InChI=1S/C21H25ClFNO/c1-15(21(25)18-4-6-19(22)7-5-18)24-12-10-17(11-13-24)14-16-2-8-20(23)9-3-16/h2-9,15,17,21,25H,10-14H2,1H3. The van der Waals surface area contributed by atoms with Gasteiger partial charge in [-0.05, 0) is 80.6 Å². The Morgan fingerprint density at radius 3 is 2.28 bits per heavy atom. The van der Waals surface area contributed by atoms with Gasteiger partial charge in [-0.1, -0.05) is 35.9 Å². The first kappa shape index (κ1) is 18.4. The van der Waals surface area contributed by atoms with E-state index in [1.165, 1.54) is 17.7 Å². The van der Waals surface area contributed by atoms with Gasteiger partial charge >= 0.3 is 0 Å². The van der Waals surface area contributed by atoms with Gasteiger partial charge in [0.1, 0.15) is 5.82 Å². The fraction of sp³-hybridized carbons (Fsp3) is 0.429. The molecule has 0 saturated carbocycles. The summed E-state index contributed by atoms with van der Waals surface area (Å²) in [5.41, 5.74) is 2.11. The number of halogens is 2. The van der Waals surface area contributed by atoms with Crippen molar-refractivity contribution in [2.45, 2.75) is 38.3 Å². The fourth-order valence-electron chi connectivity index (χ4n) is 3.66. The second kappa shape index (κ2) is 8.31. The van der Waals surface area contributed by atoms with Gasteiger partial charge in [0.15, 0.2) is 0 Å². The van der Waals surface area contributed by atoms with E-state index in [-0.39, 0.29) is 11.9 Å². The molecular weight excluding hydrogens is 337 g/mol. The molecule has 2 atom stereocenters. The first-order valence-corrected chi connectivity index (χ1v) is 9.33. The number of piperidine rings is 1. The van der Waals surface area contributed by atoms with Gasteiger partial charge in [0, 0.05) is 11.1 Å². The SMILES string of the molecule is CC(C(O)c1ccc(Cl)cc1)N1CCC(Cc2ccc(F)cc2)CC1. The summed E-state index contributed by atoms with van der Waals surface area (Å²) in [5, 5.41) is 11.3. The molecule has 1 fully saturated rings. The Morgan fingerprint density at radius 1 is 1.08 bits per heavy atom. The zero-order valence-electron chi connectivity index (χ0n) is 14.5. The van der Waals surface area contributed by atoms with Crippen molar-refractivity contribution in [2.24, 2.45) is 5.92 Å². The fourth-order valence-corrected chi connectivity index (χ4v) is 3.78. The van der Waals surface area contributed by atoms with Gasteiger partial charge in [0.2, 0.25) is 0 Å². The highest BCUT2D eigenvalue weighted by atomic mass is 35.5. The molecule has 2 unspecified atom stereocenters. The molecular formula is C21H25ClFNO. The minimum absolute atomic E-state index is 0.0768. The molecule has 0 aliphatic carbocycles. The second-order valence-corrected chi connectivity index (χ2v) is 7.48. The van der Waals surface area contributed by atoms with Crippen LogP contribution >= 0.6 is 11.6 Å². The maximum atomic E-state index is 13.0. The number of benzene rings is 2. The smallest absolute Gasteiger partial charge is 0.123 e. The van der Waals surface area contributed by atoms with Gasteiger partial charge in [0.05, 0.1) is 6.10 Å². The van der Waals surface area contributed by atoms with Crippen molar-refractivity contribution in [1.29, 1.82) is 0 Å². The summed E-state index contributed by atoms with van der Waals surface area (Å²) in [6.07, 6.45) is 2.71. The third-order valence-electron chi connectivity index (χ3n) is 5.33. The van der Waals surface area contributed by atoms with Crippen LogP contribution in [0.2, 0.25) is 5.02 Å². The lowest BCUT2D eigenvalue weighted by Crippen LogP contribution is -2.43. The number of hydrogen-bond acceptors (Lipinski definition) is 2. The average molecular weight is 362 g/mol. The van der Waals surface area contributed by atoms with Crippen LogP contribution in [0, 0.1) is 11.7 Å². The van der Waals surface area contributed by atoms with Crippen molar-refractivity contribution in [2.75, 3.05) is 13.1 Å². The van der Waals surface area contributed by atoms with Crippen molar-refractivity contribution < 1.29 is 9.50 Å². The van der Waals surface area contributed by atoms with Crippen molar-refractivity contribution in [3.8, 4) is 0 Å². The molecule has 1 aliphatic heterocycles. The highest BCUT2D eigenvalue weighted by Crippen LogP contribution is 2.28. The van der Waals surface area contributed by atoms with Crippen molar-refractivity contribution in [3.63, 3.8) is 0 Å². The van der Waals surface area contributed by atoms with Crippen molar-refractivity contribution >= 4 is 11.6 Å². The van der Waals surface area contributed by atoms with Crippen LogP contribution in [0.3, 0.4) is 0 Å². The molecule has 0 spiro atoms. The predicted molar refractivity (Wildman–Crippen MR) is 100 cm³/mol. The number of nitrogens with zero attached hydrogens (tertiary/aromatic N) is 1. The molecule has 4 heteroatoms. The molecule has 25 heavy (non-hydrogen) atoms. The Hall–Kier alpha value is -1.42. The van der Waals surface area contributed by atoms with E-state index >= 15 is 0 Å². The van der Waals surface area contributed by atoms with Gasteiger partial charge < -0.3 is 5.11 Å². The minimum atomic E-state index is -0.508. The average Bonchev–Trinajstić information content (AvgIpc) is 2.64. The van der Waals surface area contributed by atoms with Crippen LogP contribution in [-0.4, -0.2) is 29.1 Å². The van der Waals surface area contributed by atoms with Crippen LogP contribution < -0.4 is 0 Å². The van der Waals surface area contributed by atoms with Gasteiger partial charge in [-0.3, -0.25) is 4.90 Å². The summed E-state index contributed by atoms with van der Waals surface area (Å²) in [6.45, 7) is 4.05. The molecule has 0 bridgehead atoms. The summed E-state index contributed by atoms with van der Waals surface area (Å²) < 4.78 is 13.0. The van der Waals surface area contributed by atoms with Crippen molar-refractivity contribution in [1.82, 2.24) is 4.90 Å². The maximum absolute atomic E-state index is 13.0. The van der Waals surface area contributed by atoms with Crippen LogP contribution in [-0.2, 0) is 6.42 Å². The molecule has 134 valence electrons. The Kier molecular flexibility index (Phi) is 6.10. The Morgan fingerprint density at radius 2 is 1.68 bits per heavy atom. The molecule has 1 aliphatic rings. The molecule has 3 rings (SSSR count). The van der Waals surface area contributed by atoms with E-state index in [4.69, 9.17) is 11.6 Å². The van der Waals surface area contributed by atoms with E-state index in [0.29, 0.717) is 10.9 Å².